The van der Waals surface area contributed by atoms with E-state index in [9.17, 15) is 14.7 Å². The van der Waals surface area contributed by atoms with Crippen LogP contribution in [0.15, 0.2) is 18.2 Å². The van der Waals surface area contributed by atoms with Crippen LogP contribution in [0.1, 0.15) is 49.5 Å². The lowest BCUT2D eigenvalue weighted by molar-refractivity contribution is -0.0696. The van der Waals surface area contributed by atoms with E-state index in [1.54, 1.807) is 18.2 Å². The average molecular weight is 342 g/mol. The number of nitriles is 1. The summed E-state index contributed by atoms with van der Waals surface area (Å²) in [6, 6.07) is 6.97. The predicted octanol–water partition coefficient (Wildman–Crippen LogP) is 3.31. The van der Waals surface area contributed by atoms with Gasteiger partial charge in [-0.3, -0.25) is 4.79 Å². The number of nitrogens with zero attached hydrogens (tertiary/aromatic N) is 2. The topological polar surface area (TPSA) is 90.6 Å². The maximum atomic E-state index is 13.3. The van der Waals surface area contributed by atoms with Gasteiger partial charge in [-0.2, -0.15) is 5.26 Å². The summed E-state index contributed by atoms with van der Waals surface area (Å²) in [5, 5.41) is 18.3. The third-order valence-corrected chi connectivity index (χ3v) is 5.22. The number of carboxylic acid groups (broad SMARTS) is 1. The number of hydrogen-bond acceptors (Lipinski definition) is 4. The number of benzene rings is 1. The highest BCUT2D eigenvalue weighted by molar-refractivity contribution is 6.02. The Bertz CT molecular complexity index is 765. The fourth-order valence-electron chi connectivity index (χ4n) is 4.20. The molecule has 1 aromatic carbocycles. The van der Waals surface area contributed by atoms with Gasteiger partial charge in [0.05, 0.1) is 23.1 Å². The van der Waals surface area contributed by atoms with Gasteiger partial charge in [0.25, 0.3) is 0 Å². The van der Waals surface area contributed by atoms with E-state index in [-0.39, 0.29) is 17.1 Å². The van der Waals surface area contributed by atoms with Crippen molar-refractivity contribution >= 4 is 11.9 Å². The summed E-state index contributed by atoms with van der Waals surface area (Å²) in [5.74, 6) is 0.0896. The molecule has 132 valence electrons. The van der Waals surface area contributed by atoms with Gasteiger partial charge in [-0.15, -0.1) is 0 Å². The molecule has 6 nitrogen and oxygen atoms in total. The zero-order valence-corrected chi connectivity index (χ0v) is 14.7. The van der Waals surface area contributed by atoms with Crippen molar-refractivity contribution in [2.45, 2.75) is 39.2 Å². The molecular weight excluding hydrogens is 320 g/mol. The Morgan fingerprint density at radius 3 is 2.52 bits per heavy atom. The first-order valence-electron chi connectivity index (χ1n) is 8.43. The van der Waals surface area contributed by atoms with Crippen LogP contribution < -0.4 is 4.74 Å². The standard InChI is InChI=1S/C19H22N2O4/c1-18(2,3)16-15(22)13-5-4-12(11-20)10-14(13)25-19(16)6-8-21(9-7-19)17(23)24/h4-5,10,16H,6-9H2,1-3H3,(H,23,24). The maximum absolute atomic E-state index is 13.3. The molecule has 0 saturated carbocycles. The number of likely N-dealkylation sites (tertiary alicyclic amines) is 1. The number of carbonyl (C=O) groups is 2. The largest absolute Gasteiger partial charge is 0.486 e. The number of rotatable bonds is 0. The highest BCUT2D eigenvalue weighted by Crippen LogP contribution is 2.49. The number of hydrogen-bond donors (Lipinski definition) is 1. The third kappa shape index (κ3) is 2.84. The second kappa shape index (κ2) is 5.76. The lowest BCUT2D eigenvalue weighted by Gasteiger charge is -2.51. The van der Waals surface area contributed by atoms with Gasteiger partial charge in [0.15, 0.2) is 5.78 Å². The van der Waals surface area contributed by atoms with Crippen LogP contribution in [-0.2, 0) is 0 Å². The maximum Gasteiger partial charge on any atom is 0.407 e. The van der Waals surface area contributed by atoms with Crippen molar-refractivity contribution in [1.29, 1.82) is 5.26 Å². The summed E-state index contributed by atoms with van der Waals surface area (Å²) in [7, 11) is 0. The summed E-state index contributed by atoms with van der Waals surface area (Å²) in [4.78, 5) is 25.9. The Labute approximate surface area is 147 Å². The number of fused-ring (bicyclic) bond motifs is 1. The lowest BCUT2D eigenvalue weighted by atomic mass is 9.62. The van der Waals surface area contributed by atoms with Crippen molar-refractivity contribution < 1.29 is 19.4 Å². The Balaban J connectivity index is 2.05. The number of carbonyl (C=O) groups excluding carboxylic acids is 1. The van der Waals surface area contributed by atoms with Gasteiger partial charge in [-0.1, -0.05) is 20.8 Å². The molecule has 1 amide bonds. The van der Waals surface area contributed by atoms with Crippen LogP contribution >= 0.6 is 0 Å². The number of amides is 1. The Hall–Kier alpha value is -2.55. The van der Waals surface area contributed by atoms with E-state index in [1.165, 1.54) is 4.90 Å². The SMILES string of the molecule is CC(C)(C)C1C(=O)c2ccc(C#N)cc2OC12CCN(C(=O)O)CC2. The van der Waals surface area contributed by atoms with Crippen LogP contribution in [-0.4, -0.2) is 40.6 Å². The van der Waals surface area contributed by atoms with Crippen LogP contribution in [0.3, 0.4) is 0 Å². The summed E-state index contributed by atoms with van der Waals surface area (Å²) < 4.78 is 6.35. The molecule has 2 heterocycles. The normalized spacial score (nSPS) is 22.1. The molecule has 1 fully saturated rings. The van der Waals surface area contributed by atoms with Gasteiger partial charge in [-0.05, 0) is 23.6 Å². The molecule has 1 N–H and O–H groups in total. The zero-order valence-electron chi connectivity index (χ0n) is 14.7. The Kier molecular flexibility index (Phi) is 3.98. The van der Waals surface area contributed by atoms with Crippen molar-refractivity contribution in [2.75, 3.05) is 13.1 Å². The second-order valence-electron chi connectivity index (χ2n) is 7.92. The minimum Gasteiger partial charge on any atom is -0.486 e. The van der Waals surface area contributed by atoms with E-state index in [0.29, 0.717) is 42.8 Å². The lowest BCUT2D eigenvalue weighted by Crippen LogP contribution is -2.60. The van der Waals surface area contributed by atoms with E-state index < -0.39 is 11.7 Å². The van der Waals surface area contributed by atoms with E-state index in [0.717, 1.165) is 0 Å². The molecule has 1 unspecified atom stereocenters. The fourth-order valence-corrected chi connectivity index (χ4v) is 4.20. The van der Waals surface area contributed by atoms with E-state index >= 15 is 0 Å². The van der Waals surface area contributed by atoms with Crippen LogP contribution in [0.5, 0.6) is 5.75 Å². The Morgan fingerprint density at radius 2 is 2.00 bits per heavy atom. The molecule has 1 aromatic rings. The van der Waals surface area contributed by atoms with Crippen molar-refractivity contribution in [2.24, 2.45) is 11.3 Å². The summed E-state index contributed by atoms with van der Waals surface area (Å²) in [5.41, 5.74) is -0.111. The fraction of sp³-hybridized carbons (Fsp3) is 0.526. The molecule has 2 aliphatic heterocycles. The molecule has 0 aliphatic carbocycles. The number of ketones is 1. The highest BCUT2D eigenvalue weighted by atomic mass is 16.5. The second-order valence-corrected chi connectivity index (χ2v) is 7.92. The van der Waals surface area contributed by atoms with Crippen LogP contribution in [0.2, 0.25) is 0 Å². The van der Waals surface area contributed by atoms with Crippen molar-refractivity contribution in [3.63, 3.8) is 0 Å². The number of ether oxygens (including phenoxy) is 1. The minimum atomic E-state index is -0.948. The van der Waals surface area contributed by atoms with Crippen LogP contribution in [0, 0.1) is 22.7 Å². The number of Topliss-reactive ketones (excluding diaryl/α,β-unsaturated/α-hetero) is 1. The first-order chi connectivity index (χ1) is 11.7. The summed E-state index contributed by atoms with van der Waals surface area (Å²) in [6.07, 6.45) is -0.0247. The van der Waals surface area contributed by atoms with Crippen molar-refractivity contribution in [3.8, 4) is 11.8 Å². The smallest absolute Gasteiger partial charge is 0.407 e. The highest BCUT2D eigenvalue weighted by Gasteiger charge is 2.55. The molecule has 1 saturated heterocycles. The Morgan fingerprint density at radius 1 is 1.36 bits per heavy atom. The third-order valence-electron chi connectivity index (χ3n) is 5.22. The molecule has 1 spiro atoms. The molecule has 0 bridgehead atoms. The quantitative estimate of drug-likeness (QED) is 0.781. The van der Waals surface area contributed by atoms with E-state index in [4.69, 9.17) is 10.00 Å². The van der Waals surface area contributed by atoms with Gasteiger partial charge >= 0.3 is 6.09 Å². The molecule has 2 aliphatic rings. The molecular formula is C19H22N2O4. The van der Waals surface area contributed by atoms with Crippen molar-refractivity contribution in [1.82, 2.24) is 4.90 Å². The molecule has 1 atom stereocenters. The van der Waals surface area contributed by atoms with Gasteiger partial charge < -0.3 is 14.7 Å². The average Bonchev–Trinajstić information content (AvgIpc) is 2.53. The van der Waals surface area contributed by atoms with Gasteiger partial charge in [0, 0.05) is 25.9 Å². The minimum absolute atomic E-state index is 0.0158. The molecule has 0 aromatic heterocycles. The van der Waals surface area contributed by atoms with Gasteiger partial charge in [0.1, 0.15) is 11.4 Å². The first kappa shape index (κ1) is 17.3. The van der Waals surface area contributed by atoms with Crippen LogP contribution in [0.25, 0.3) is 0 Å². The molecule has 0 radical (unpaired) electrons. The van der Waals surface area contributed by atoms with Crippen LogP contribution in [0.4, 0.5) is 4.79 Å². The van der Waals surface area contributed by atoms with E-state index in [2.05, 4.69) is 6.07 Å². The predicted molar refractivity (Wildman–Crippen MR) is 90.6 cm³/mol. The first-order valence-corrected chi connectivity index (χ1v) is 8.43. The molecule has 3 rings (SSSR count). The summed E-state index contributed by atoms with van der Waals surface area (Å²) in [6.45, 7) is 6.71. The monoisotopic (exact) mass is 342 g/mol. The van der Waals surface area contributed by atoms with E-state index in [1.807, 2.05) is 20.8 Å². The van der Waals surface area contributed by atoms with Crippen molar-refractivity contribution in [3.05, 3.63) is 29.3 Å². The zero-order chi connectivity index (χ0) is 18.4. The number of piperidine rings is 1. The summed E-state index contributed by atoms with van der Waals surface area (Å²) >= 11 is 0. The van der Waals surface area contributed by atoms with Gasteiger partial charge in [0.2, 0.25) is 0 Å². The molecule has 25 heavy (non-hydrogen) atoms. The van der Waals surface area contributed by atoms with Gasteiger partial charge in [-0.25, -0.2) is 4.79 Å². The molecule has 6 heteroatoms.